The Labute approximate surface area is 137 Å². The summed E-state index contributed by atoms with van der Waals surface area (Å²) in [5, 5.41) is 2.90. The Balaban J connectivity index is 2.05. The summed E-state index contributed by atoms with van der Waals surface area (Å²) in [6.07, 6.45) is 0. The summed E-state index contributed by atoms with van der Waals surface area (Å²) in [6, 6.07) is 9.35. The Bertz CT molecular complexity index is 617. The Morgan fingerprint density at radius 2 is 2.14 bits per heavy atom. The molecule has 0 aliphatic carbocycles. The number of carbonyl (C=O) groups is 1. The minimum atomic E-state index is -0.102. The maximum atomic E-state index is 12.2. The van der Waals surface area contributed by atoms with Crippen molar-refractivity contribution in [2.45, 2.75) is 20.8 Å². The molecular formula is C16H18BrNO2S. The first kappa shape index (κ1) is 16.0. The number of benzene rings is 1. The highest BCUT2D eigenvalue weighted by molar-refractivity contribution is 9.11. The third-order valence-electron chi connectivity index (χ3n) is 2.76. The molecule has 2 rings (SSSR count). The number of hydrogen-bond donors (Lipinski definition) is 1. The van der Waals surface area contributed by atoms with Crippen molar-refractivity contribution >= 4 is 38.9 Å². The first-order valence-corrected chi connectivity index (χ1v) is 8.37. The van der Waals surface area contributed by atoms with E-state index in [1.165, 1.54) is 11.3 Å². The van der Waals surface area contributed by atoms with Gasteiger partial charge in [0.2, 0.25) is 0 Å². The van der Waals surface area contributed by atoms with E-state index >= 15 is 0 Å². The summed E-state index contributed by atoms with van der Waals surface area (Å²) in [5.74, 6) is 1.13. The van der Waals surface area contributed by atoms with Gasteiger partial charge in [0.15, 0.2) is 0 Å². The maximum Gasteiger partial charge on any atom is 0.265 e. The first-order valence-electron chi connectivity index (χ1n) is 6.76. The largest absolute Gasteiger partial charge is 0.493 e. The van der Waals surface area contributed by atoms with Gasteiger partial charge in [0.1, 0.15) is 5.75 Å². The van der Waals surface area contributed by atoms with Crippen molar-refractivity contribution in [3.63, 3.8) is 0 Å². The van der Waals surface area contributed by atoms with Gasteiger partial charge in [-0.05, 0) is 52.5 Å². The van der Waals surface area contributed by atoms with Crippen LogP contribution in [0.2, 0.25) is 0 Å². The second-order valence-electron chi connectivity index (χ2n) is 5.25. The van der Waals surface area contributed by atoms with E-state index in [2.05, 4.69) is 35.1 Å². The van der Waals surface area contributed by atoms with E-state index < -0.39 is 0 Å². The molecule has 0 saturated heterocycles. The molecule has 0 unspecified atom stereocenters. The van der Waals surface area contributed by atoms with E-state index in [0.717, 1.165) is 20.8 Å². The molecule has 1 aromatic carbocycles. The van der Waals surface area contributed by atoms with Crippen molar-refractivity contribution in [1.29, 1.82) is 0 Å². The lowest BCUT2D eigenvalue weighted by Crippen LogP contribution is -2.10. The molecule has 0 aliphatic heterocycles. The third-order valence-corrected chi connectivity index (χ3v) is 4.89. The van der Waals surface area contributed by atoms with Crippen molar-refractivity contribution in [3.05, 3.63) is 44.6 Å². The predicted octanol–water partition coefficient (Wildman–Crippen LogP) is 5.11. The fraction of sp³-hybridized carbons (Fsp3) is 0.312. The van der Waals surface area contributed by atoms with Crippen molar-refractivity contribution in [3.8, 4) is 5.75 Å². The molecule has 0 saturated carbocycles. The number of carbonyl (C=O) groups excluding carboxylic acids is 1. The van der Waals surface area contributed by atoms with Gasteiger partial charge >= 0.3 is 0 Å². The molecule has 5 heteroatoms. The molecule has 112 valence electrons. The fourth-order valence-corrected chi connectivity index (χ4v) is 3.12. The zero-order chi connectivity index (χ0) is 15.4. The molecule has 0 radical (unpaired) electrons. The lowest BCUT2D eigenvalue weighted by molar-refractivity contribution is 0.103. The van der Waals surface area contributed by atoms with Gasteiger partial charge in [-0.15, -0.1) is 11.3 Å². The summed E-state index contributed by atoms with van der Waals surface area (Å²) >= 11 is 4.87. The van der Waals surface area contributed by atoms with Gasteiger partial charge in [-0.3, -0.25) is 4.79 Å². The van der Waals surface area contributed by atoms with Crippen molar-refractivity contribution in [2.24, 2.45) is 5.92 Å². The minimum absolute atomic E-state index is 0.102. The molecule has 0 aliphatic rings. The number of thiophene rings is 1. The molecule has 21 heavy (non-hydrogen) atoms. The van der Waals surface area contributed by atoms with Crippen LogP contribution in [0.4, 0.5) is 5.69 Å². The Kier molecular flexibility index (Phi) is 5.42. The molecule has 1 amide bonds. The van der Waals surface area contributed by atoms with Crippen LogP contribution in [0.25, 0.3) is 0 Å². The van der Waals surface area contributed by atoms with Gasteiger partial charge in [-0.25, -0.2) is 0 Å². The van der Waals surface area contributed by atoms with Crippen LogP contribution in [-0.4, -0.2) is 12.5 Å². The van der Waals surface area contributed by atoms with E-state index in [9.17, 15) is 4.79 Å². The van der Waals surface area contributed by atoms with Crippen LogP contribution in [0, 0.1) is 12.8 Å². The number of hydrogen-bond acceptors (Lipinski definition) is 3. The van der Waals surface area contributed by atoms with Crippen LogP contribution < -0.4 is 10.1 Å². The molecule has 0 spiro atoms. The van der Waals surface area contributed by atoms with Crippen LogP contribution in [0.15, 0.2) is 34.1 Å². The zero-order valence-corrected chi connectivity index (χ0v) is 14.7. The molecule has 0 fully saturated rings. The highest BCUT2D eigenvalue weighted by Gasteiger charge is 2.11. The van der Waals surface area contributed by atoms with E-state index in [-0.39, 0.29) is 5.91 Å². The summed E-state index contributed by atoms with van der Waals surface area (Å²) < 4.78 is 6.65. The molecule has 0 atom stereocenters. The molecule has 3 nitrogen and oxygen atoms in total. The average Bonchev–Trinajstić information content (AvgIpc) is 2.77. The van der Waals surface area contributed by atoms with Crippen LogP contribution in [0.1, 0.15) is 29.1 Å². The number of ether oxygens (including phenoxy) is 1. The monoisotopic (exact) mass is 367 g/mol. The number of aryl methyl sites for hydroxylation is 1. The smallest absolute Gasteiger partial charge is 0.265 e. The Morgan fingerprint density at radius 3 is 2.76 bits per heavy atom. The van der Waals surface area contributed by atoms with E-state index in [4.69, 9.17) is 4.74 Å². The first-order chi connectivity index (χ1) is 9.95. The predicted molar refractivity (Wildman–Crippen MR) is 91.5 cm³/mol. The van der Waals surface area contributed by atoms with E-state index in [1.54, 1.807) is 0 Å². The highest BCUT2D eigenvalue weighted by Crippen LogP contribution is 2.28. The maximum absolute atomic E-state index is 12.2. The van der Waals surface area contributed by atoms with Crippen LogP contribution >= 0.6 is 27.3 Å². The SMILES string of the molecule is Cc1cc(C(=O)Nc2cccc(OCC(C)C)c2)sc1Br. The van der Waals surface area contributed by atoms with E-state index in [1.807, 2.05) is 37.3 Å². The van der Waals surface area contributed by atoms with E-state index in [0.29, 0.717) is 17.4 Å². The van der Waals surface area contributed by atoms with Crippen molar-refractivity contribution in [1.82, 2.24) is 0 Å². The van der Waals surface area contributed by atoms with Crippen molar-refractivity contribution < 1.29 is 9.53 Å². The van der Waals surface area contributed by atoms with Gasteiger partial charge in [0.05, 0.1) is 15.3 Å². The highest BCUT2D eigenvalue weighted by atomic mass is 79.9. The lowest BCUT2D eigenvalue weighted by atomic mass is 10.2. The quantitative estimate of drug-likeness (QED) is 0.797. The summed E-state index contributed by atoms with van der Waals surface area (Å²) in [6.45, 7) is 6.83. The Hall–Kier alpha value is -1.33. The van der Waals surface area contributed by atoms with Crippen molar-refractivity contribution in [2.75, 3.05) is 11.9 Å². The molecule has 0 bridgehead atoms. The summed E-state index contributed by atoms with van der Waals surface area (Å²) in [5.41, 5.74) is 1.81. The second-order valence-corrected chi connectivity index (χ2v) is 7.62. The topological polar surface area (TPSA) is 38.3 Å². The van der Waals surface area contributed by atoms with Gasteiger partial charge < -0.3 is 10.1 Å². The van der Waals surface area contributed by atoms with Crippen LogP contribution in [0.3, 0.4) is 0 Å². The normalized spacial score (nSPS) is 10.7. The number of rotatable bonds is 5. The number of nitrogens with one attached hydrogen (secondary N) is 1. The second kappa shape index (κ2) is 7.09. The minimum Gasteiger partial charge on any atom is -0.493 e. The molecule has 1 aromatic heterocycles. The van der Waals surface area contributed by atoms with Crippen LogP contribution in [-0.2, 0) is 0 Å². The Morgan fingerprint density at radius 1 is 1.38 bits per heavy atom. The van der Waals surface area contributed by atoms with Gasteiger partial charge in [0.25, 0.3) is 5.91 Å². The third kappa shape index (κ3) is 4.58. The average molecular weight is 368 g/mol. The number of amides is 1. The fourth-order valence-electron chi connectivity index (χ4n) is 1.69. The number of anilines is 1. The summed E-state index contributed by atoms with van der Waals surface area (Å²) in [7, 11) is 0. The van der Waals surface area contributed by atoms with Gasteiger partial charge in [-0.2, -0.15) is 0 Å². The van der Waals surface area contributed by atoms with Crippen LogP contribution in [0.5, 0.6) is 5.75 Å². The number of halogens is 1. The molecule has 1 heterocycles. The molecule has 1 N–H and O–H groups in total. The lowest BCUT2D eigenvalue weighted by Gasteiger charge is -2.10. The summed E-state index contributed by atoms with van der Waals surface area (Å²) in [4.78, 5) is 12.9. The zero-order valence-electron chi connectivity index (χ0n) is 12.3. The van der Waals surface area contributed by atoms with Gasteiger partial charge in [0, 0.05) is 11.8 Å². The standard InChI is InChI=1S/C16H18BrNO2S/c1-10(2)9-20-13-6-4-5-12(8-13)18-16(19)14-7-11(3)15(17)21-14/h4-8,10H,9H2,1-3H3,(H,18,19). The molecule has 2 aromatic rings. The molecular weight excluding hydrogens is 350 g/mol. The van der Waals surface area contributed by atoms with Gasteiger partial charge in [-0.1, -0.05) is 19.9 Å².